The largest absolute Gasteiger partial charge is 0.486 e. The molecule has 3 N–H and O–H groups in total. The van der Waals surface area contributed by atoms with Gasteiger partial charge in [-0.1, -0.05) is 103 Å². The summed E-state index contributed by atoms with van der Waals surface area (Å²) in [5.41, 5.74) is 5.00. The number of pyridine rings is 1. The lowest BCUT2D eigenvalue weighted by molar-refractivity contribution is -0.144. The molecule has 2 amide bonds. The molecule has 0 fully saturated rings. The molecular formula is C46H45N3O7. The summed E-state index contributed by atoms with van der Waals surface area (Å²) in [6.07, 6.45) is 2.10. The van der Waals surface area contributed by atoms with Gasteiger partial charge in [-0.25, -0.2) is 0 Å². The van der Waals surface area contributed by atoms with E-state index in [4.69, 9.17) is 4.74 Å². The maximum Gasteiger partial charge on any atom is 0.307 e. The number of carboxylic acid groups (broad SMARTS) is 1. The quantitative estimate of drug-likeness (QED) is 0.166. The molecule has 1 aromatic heterocycles. The minimum atomic E-state index is -1.14. The first kappa shape index (κ1) is 39.3. The molecule has 5 aromatic rings. The molecule has 10 nitrogen and oxygen atoms in total. The number of carboxylic acids is 1. The van der Waals surface area contributed by atoms with E-state index in [-0.39, 0.29) is 50.9 Å². The number of hydrogen-bond donors (Lipinski definition) is 3. The summed E-state index contributed by atoms with van der Waals surface area (Å²) in [5, 5.41) is 16.0. The van der Waals surface area contributed by atoms with Crippen molar-refractivity contribution in [3.63, 3.8) is 0 Å². The Morgan fingerprint density at radius 3 is 2.00 bits per heavy atom. The zero-order valence-electron chi connectivity index (χ0n) is 31.0. The molecule has 3 heterocycles. The average molecular weight is 752 g/mol. The molecular weight excluding hydrogens is 707 g/mol. The maximum atomic E-state index is 14.4. The smallest absolute Gasteiger partial charge is 0.307 e. The number of aryl methyl sites for hydroxylation is 1. The number of fused-ring (bicyclic) bond motifs is 16. The van der Waals surface area contributed by atoms with Gasteiger partial charge in [0.2, 0.25) is 11.8 Å². The number of ether oxygens (including phenoxy) is 1. The Kier molecular flexibility index (Phi) is 13.5. The Balaban J connectivity index is 1.33. The van der Waals surface area contributed by atoms with Crippen molar-refractivity contribution in [2.75, 3.05) is 6.61 Å². The lowest BCUT2D eigenvalue weighted by Crippen LogP contribution is -2.54. The number of aliphatic carboxylic acids is 1. The minimum absolute atomic E-state index is 0.0759. The molecule has 0 radical (unpaired) electrons. The molecule has 0 unspecified atom stereocenters. The van der Waals surface area contributed by atoms with Crippen LogP contribution in [0.2, 0.25) is 0 Å². The van der Waals surface area contributed by atoms with Crippen LogP contribution in [-0.2, 0) is 49.7 Å². The second-order valence-corrected chi connectivity index (χ2v) is 14.2. The van der Waals surface area contributed by atoms with E-state index >= 15 is 0 Å². The highest BCUT2D eigenvalue weighted by atomic mass is 16.5. The van der Waals surface area contributed by atoms with Gasteiger partial charge >= 0.3 is 5.97 Å². The highest BCUT2D eigenvalue weighted by molar-refractivity contribution is 5.95. The molecule has 0 saturated heterocycles. The third kappa shape index (κ3) is 11.3. The van der Waals surface area contributed by atoms with Gasteiger partial charge in [0, 0.05) is 37.6 Å². The molecule has 0 aliphatic carbocycles. The van der Waals surface area contributed by atoms with Crippen molar-refractivity contribution in [2.45, 2.75) is 57.0 Å². The number of hydrogen-bond acceptors (Lipinski definition) is 7. The van der Waals surface area contributed by atoms with Gasteiger partial charge in [-0.2, -0.15) is 0 Å². The number of nitrogens with one attached hydrogen (secondary N) is 2. The molecule has 2 aliphatic rings. The number of carbonyl (C=O) groups excluding carboxylic acids is 4. The van der Waals surface area contributed by atoms with Crippen molar-refractivity contribution in [1.82, 2.24) is 15.6 Å². The second-order valence-electron chi connectivity index (χ2n) is 14.2. The summed E-state index contributed by atoms with van der Waals surface area (Å²) >= 11 is 0. The summed E-state index contributed by atoms with van der Waals surface area (Å²) in [4.78, 5) is 72.8. The highest BCUT2D eigenvalue weighted by Crippen LogP contribution is 2.23. The third-order valence-corrected chi connectivity index (χ3v) is 10.0. The number of ketones is 2. The molecule has 286 valence electrons. The van der Waals surface area contributed by atoms with Crippen molar-refractivity contribution >= 4 is 29.4 Å². The third-order valence-electron chi connectivity index (χ3n) is 10.0. The molecule has 7 rings (SSSR count). The molecule has 2 bridgehead atoms. The number of rotatable bonds is 9. The van der Waals surface area contributed by atoms with Crippen LogP contribution >= 0.6 is 0 Å². The average Bonchev–Trinajstić information content (AvgIpc) is 3.22. The van der Waals surface area contributed by atoms with Crippen molar-refractivity contribution in [1.29, 1.82) is 0 Å². The number of nitrogens with zero attached hydrogens (tertiary/aromatic N) is 1. The highest BCUT2D eigenvalue weighted by Gasteiger charge is 2.32. The van der Waals surface area contributed by atoms with Crippen LogP contribution in [0.15, 0.2) is 134 Å². The summed E-state index contributed by atoms with van der Waals surface area (Å²) < 4.78 is 5.77. The van der Waals surface area contributed by atoms with Crippen LogP contribution in [0, 0.1) is 11.8 Å². The van der Waals surface area contributed by atoms with Crippen LogP contribution in [0.1, 0.15) is 41.6 Å². The first-order valence-electron chi connectivity index (χ1n) is 18.9. The molecule has 4 aromatic carbocycles. The summed E-state index contributed by atoms with van der Waals surface area (Å²) in [7, 11) is 0. The normalized spacial score (nSPS) is 19.8. The molecule has 0 spiro atoms. The molecule has 56 heavy (non-hydrogen) atoms. The molecule has 2 aliphatic heterocycles. The lowest BCUT2D eigenvalue weighted by Gasteiger charge is -2.26. The van der Waals surface area contributed by atoms with Crippen molar-refractivity contribution in [2.24, 2.45) is 11.8 Å². The van der Waals surface area contributed by atoms with Crippen LogP contribution in [0.25, 0.3) is 11.1 Å². The van der Waals surface area contributed by atoms with E-state index in [2.05, 4.69) is 15.6 Å². The van der Waals surface area contributed by atoms with Gasteiger partial charge in [0.05, 0.1) is 17.9 Å². The fraction of sp³-hybridized carbons (Fsp3) is 0.261. The van der Waals surface area contributed by atoms with E-state index in [1.807, 2.05) is 84.9 Å². The zero-order chi connectivity index (χ0) is 39.3. The Morgan fingerprint density at radius 2 is 1.32 bits per heavy atom. The first-order chi connectivity index (χ1) is 27.2. The predicted octanol–water partition coefficient (Wildman–Crippen LogP) is 6.01. The summed E-state index contributed by atoms with van der Waals surface area (Å²) in [6.45, 7) is -0.293. The SMILES string of the molecule is O=C1COc2ccc(cc2)C[C@@H](C(=O)O)CC(=O)[C@H](CCc2ccccc2)NC(=O)[C@@H](Cc2ccc(-c3ccccc3)cc2)NC(=O)[C@H](Cc2ccccn2)C1. The monoisotopic (exact) mass is 751 g/mol. The van der Waals surface area contributed by atoms with Crippen LogP contribution in [-0.4, -0.2) is 58.1 Å². The van der Waals surface area contributed by atoms with Crippen LogP contribution in [0.4, 0.5) is 0 Å². The zero-order valence-corrected chi connectivity index (χ0v) is 31.0. The van der Waals surface area contributed by atoms with E-state index in [1.54, 1.807) is 48.7 Å². The molecule has 4 atom stereocenters. The van der Waals surface area contributed by atoms with Gasteiger partial charge in [-0.15, -0.1) is 0 Å². The van der Waals surface area contributed by atoms with Crippen molar-refractivity contribution < 1.29 is 33.8 Å². The number of amides is 2. The van der Waals surface area contributed by atoms with Gasteiger partial charge in [-0.3, -0.25) is 29.0 Å². The fourth-order valence-corrected chi connectivity index (χ4v) is 6.90. The fourth-order valence-electron chi connectivity index (χ4n) is 6.90. The van der Waals surface area contributed by atoms with Crippen molar-refractivity contribution in [3.05, 3.63) is 156 Å². The topological polar surface area (TPSA) is 152 Å². The van der Waals surface area contributed by atoms with E-state index in [0.29, 0.717) is 23.4 Å². The van der Waals surface area contributed by atoms with Gasteiger partial charge in [0.15, 0.2) is 11.6 Å². The van der Waals surface area contributed by atoms with Crippen LogP contribution < -0.4 is 15.4 Å². The number of Topliss-reactive ketones (excluding diaryl/α,β-unsaturated/α-hetero) is 2. The van der Waals surface area contributed by atoms with E-state index in [9.17, 15) is 29.1 Å². The lowest BCUT2D eigenvalue weighted by atomic mass is 9.90. The Hall–Kier alpha value is -6.42. The number of aromatic nitrogens is 1. The molecule has 10 heteroatoms. The van der Waals surface area contributed by atoms with Gasteiger partial charge in [0.1, 0.15) is 18.4 Å². The number of carbonyl (C=O) groups is 5. The van der Waals surface area contributed by atoms with Crippen LogP contribution in [0.3, 0.4) is 0 Å². The van der Waals surface area contributed by atoms with E-state index < -0.39 is 47.5 Å². The first-order valence-corrected chi connectivity index (χ1v) is 18.9. The van der Waals surface area contributed by atoms with Gasteiger partial charge in [-0.05, 0) is 71.3 Å². The van der Waals surface area contributed by atoms with E-state index in [1.165, 1.54) is 0 Å². The van der Waals surface area contributed by atoms with Crippen LogP contribution in [0.5, 0.6) is 5.75 Å². The maximum absolute atomic E-state index is 14.4. The second kappa shape index (κ2) is 19.3. The Bertz CT molecular complexity index is 2090. The summed E-state index contributed by atoms with van der Waals surface area (Å²) in [6, 6.07) is 36.9. The van der Waals surface area contributed by atoms with Gasteiger partial charge < -0.3 is 20.5 Å². The van der Waals surface area contributed by atoms with Crippen molar-refractivity contribution in [3.8, 4) is 16.9 Å². The van der Waals surface area contributed by atoms with E-state index in [0.717, 1.165) is 22.3 Å². The molecule has 0 saturated carbocycles. The van der Waals surface area contributed by atoms with Gasteiger partial charge in [0.25, 0.3) is 0 Å². The summed E-state index contributed by atoms with van der Waals surface area (Å²) in [5.74, 6) is -4.52. The Morgan fingerprint density at radius 1 is 0.661 bits per heavy atom. The minimum Gasteiger partial charge on any atom is -0.486 e. The number of benzene rings is 4. The predicted molar refractivity (Wildman–Crippen MR) is 212 cm³/mol. The standard InChI is InChI=1S/C46H45N3O7/c50-39-28-36(27-38-13-7-8-24-47-38)44(52)49-42(26-33-14-19-35(20-15-33)34-11-5-2-6-12-34)45(53)48-41(23-18-31-9-3-1-4-10-31)43(51)29-37(46(54)55)25-32-16-21-40(22-17-32)56-30-39/h1-17,19-22,24,36-37,41-42H,18,23,25-30H2,(H,48,53)(H,49,52)(H,54,55)/t36-,37-,41+,42-/m1/s1. The Labute approximate surface area is 326 Å².